The van der Waals surface area contributed by atoms with Crippen LogP contribution >= 0.6 is 11.6 Å². The van der Waals surface area contributed by atoms with E-state index in [9.17, 15) is 14.4 Å². The second-order valence-electron chi connectivity index (χ2n) is 9.70. The van der Waals surface area contributed by atoms with Gasteiger partial charge < -0.3 is 24.8 Å². The highest BCUT2D eigenvalue weighted by Crippen LogP contribution is 2.39. The molecule has 1 unspecified atom stereocenters. The quantitative estimate of drug-likeness (QED) is 0.512. The van der Waals surface area contributed by atoms with E-state index < -0.39 is 11.4 Å². The van der Waals surface area contributed by atoms with E-state index in [2.05, 4.69) is 15.6 Å². The Morgan fingerprint density at radius 3 is 2.71 bits per heavy atom. The Bertz CT molecular complexity index is 1140. The summed E-state index contributed by atoms with van der Waals surface area (Å²) >= 11 is 6.17. The Morgan fingerprint density at radius 2 is 2.06 bits per heavy atom. The van der Waals surface area contributed by atoms with Gasteiger partial charge in [0.1, 0.15) is 11.2 Å². The summed E-state index contributed by atoms with van der Waals surface area (Å²) < 4.78 is 7.14. The minimum atomic E-state index is -1.08. The maximum Gasteiger partial charge on any atom is 0.276 e. The molecule has 0 bridgehead atoms. The fourth-order valence-corrected chi connectivity index (χ4v) is 4.55. The predicted molar refractivity (Wildman–Crippen MR) is 133 cm³/mol. The number of fused-ring (bicyclic) bond motifs is 1. The van der Waals surface area contributed by atoms with Gasteiger partial charge in [-0.25, -0.2) is 4.98 Å². The molecule has 1 aliphatic heterocycles. The molecule has 1 saturated carbocycles. The number of nitrogens with zero attached hydrogens (tertiary/aromatic N) is 3. The van der Waals surface area contributed by atoms with E-state index >= 15 is 0 Å². The van der Waals surface area contributed by atoms with Gasteiger partial charge in [-0.2, -0.15) is 0 Å². The number of imidazole rings is 1. The molecule has 0 saturated heterocycles. The van der Waals surface area contributed by atoms with Crippen molar-refractivity contribution in [2.45, 2.75) is 71.2 Å². The number of halogens is 1. The molecule has 1 aromatic heterocycles. The fourth-order valence-electron chi connectivity index (χ4n) is 4.37. The third kappa shape index (κ3) is 5.21. The SMILES string of the molecule is Cc1ccc(NC(=O)c2ncn3c2C(=O)N(C2CC2)C(C)(C(=O)NCCCOC(C)C)C3)cc1Cl. The van der Waals surface area contributed by atoms with Crippen LogP contribution < -0.4 is 10.6 Å². The smallest absolute Gasteiger partial charge is 0.276 e. The number of nitrogens with one attached hydrogen (secondary N) is 2. The van der Waals surface area contributed by atoms with Crippen LogP contribution in [0.15, 0.2) is 24.5 Å². The van der Waals surface area contributed by atoms with Crippen LogP contribution in [0.1, 0.15) is 66.6 Å². The van der Waals surface area contributed by atoms with Crippen molar-refractivity contribution in [1.29, 1.82) is 0 Å². The Labute approximate surface area is 210 Å². The lowest BCUT2D eigenvalue weighted by Crippen LogP contribution is -2.64. The third-order valence-corrected chi connectivity index (χ3v) is 6.78. The molecule has 3 amide bonds. The van der Waals surface area contributed by atoms with Crippen LogP contribution in [-0.4, -0.2) is 63.0 Å². The number of anilines is 1. The molecule has 0 spiro atoms. The summed E-state index contributed by atoms with van der Waals surface area (Å²) in [4.78, 5) is 45.9. The maximum absolute atomic E-state index is 13.7. The van der Waals surface area contributed by atoms with Crippen LogP contribution in [0.2, 0.25) is 5.02 Å². The predicted octanol–water partition coefficient (Wildman–Crippen LogP) is 3.41. The van der Waals surface area contributed by atoms with Gasteiger partial charge in [-0.15, -0.1) is 0 Å². The molecular weight excluding hydrogens is 470 g/mol. The molecule has 1 aromatic carbocycles. The largest absolute Gasteiger partial charge is 0.379 e. The molecule has 35 heavy (non-hydrogen) atoms. The van der Waals surface area contributed by atoms with E-state index in [1.54, 1.807) is 34.6 Å². The summed E-state index contributed by atoms with van der Waals surface area (Å²) in [5.74, 6) is -1.08. The topological polar surface area (TPSA) is 106 Å². The van der Waals surface area contributed by atoms with Gasteiger partial charge in [-0.3, -0.25) is 14.4 Å². The first-order chi connectivity index (χ1) is 16.6. The van der Waals surface area contributed by atoms with Crippen molar-refractivity contribution in [2.24, 2.45) is 0 Å². The molecule has 10 heteroatoms. The number of rotatable bonds is 9. The minimum Gasteiger partial charge on any atom is -0.379 e. The summed E-state index contributed by atoms with van der Waals surface area (Å²) in [5, 5.41) is 6.27. The van der Waals surface area contributed by atoms with E-state index in [0.29, 0.717) is 30.3 Å². The molecule has 4 rings (SSSR count). The van der Waals surface area contributed by atoms with Crippen LogP contribution in [0.3, 0.4) is 0 Å². The highest BCUT2D eigenvalue weighted by atomic mass is 35.5. The Kier molecular flexibility index (Phi) is 7.19. The normalized spacial score (nSPS) is 19.6. The molecule has 188 valence electrons. The van der Waals surface area contributed by atoms with Gasteiger partial charge in [0.2, 0.25) is 5.91 Å². The summed E-state index contributed by atoms with van der Waals surface area (Å²) in [6.45, 7) is 8.81. The summed E-state index contributed by atoms with van der Waals surface area (Å²) in [7, 11) is 0. The fraction of sp³-hybridized carbons (Fsp3) is 0.520. The number of hydrogen-bond donors (Lipinski definition) is 2. The lowest BCUT2D eigenvalue weighted by molar-refractivity contribution is -0.133. The van der Waals surface area contributed by atoms with Crippen molar-refractivity contribution in [2.75, 3.05) is 18.5 Å². The van der Waals surface area contributed by atoms with Crippen molar-refractivity contribution >= 4 is 35.0 Å². The average Bonchev–Trinajstić information content (AvgIpc) is 3.53. The summed E-state index contributed by atoms with van der Waals surface area (Å²) in [6, 6.07) is 5.18. The molecule has 2 heterocycles. The number of amides is 3. The first kappa shape index (κ1) is 25.2. The zero-order valence-electron chi connectivity index (χ0n) is 20.6. The van der Waals surface area contributed by atoms with Crippen LogP contribution in [0, 0.1) is 6.92 Å². The van der Waals surface area contributed by atoms with Crippen LogP contribution in [0.5, 0.6) is 0 Å². The van der Waals surface area contributed by atoms with Gasteiger partial charge in [-0.1, -0.05) is 17.7 Å². The van der Waals surface area contributed by atoms with Gasteiger partial charge in [0, 0.05) is 29.9 Å². The molecule has 1 atom stereocenters. The van der Waals surface area contributed by atoms with Gasteiger partial charge in [0.25, 0.3) is 11.8 Å². The highest BCUT2D eigenvalue weighted by Gasteiger charge is 2.53. The summed E-state index contributed by atoms with van der Waals surface area (Å²) in [5.41, 5.74) is 0.557. The minimum absolute atomic E-state index is 0.0296. The molecule has 2 aromatic rings. The molecule has 1 aliphatic carbocycles. The number of benzene rings is 1. The second-order valence-corrected chi connectivity index (χ2v) is 10.1. The van der Waals surface area contributed by atoms with Crippen LogP contribution in [-0.2, 0) is 16.1 Å². The molecular formula is C25H32ClN5O4. The molecule has 0 radical (unpaired) electrons. The lowest BCUT2D eigenvalue weighted by Gasteiger charge is -2.44. The number of carbonyl (C=O) groups is 3. The summed E-state index contributed by atoms with van der Waals surface area (Å²) in [6.07, 6.45) is 3.93. The van der Waals surface area contributed by atoms with Crippen molar-refractivity contribution in [1.82, 2.24) is 19.8 Å². The van der Waals surface area contributed by atoms with Crippen LogP contribution in [0.25, 0.3) is 0 Å². The number of carbonyl (C=O) groups excluding carboxylic acids is 3. The first-order valence-corrected chi connectivity index (χ1v) is 12.4. The van der Waals surface area contributed by atoms with Crippen molar-refractivity contribution in [3.63, 3.8) is 0 Å². The standard InChI is InChI=1S/C25H32ClN5O4/c1-15(2)35-11-5-10-27-24(34)25(4)13-30-14-28-20(21(30)23(33)31(25)18-8-9-18)22(32)29-17-7-6-16(3)19(26)12-17/h6-7,12,14-15,18H,5,8-11,13H2,1-4H3,(H,27,34)(H,29,32). The van der Waals surface area contributed by atoms with Crippen molar-refractivity contribution in [3.05, 3.63) is 46.5 Å². The molecule has 9 nitrogen and oxygen atoms in total. The zero-order chi connectivity index (χ0) is 25.3. The number of ether oxygens (including phenoxy) is 1. The molecule has 2 aliphatic rings. The molecule has 2 N–H and O–H groups in total. The Hall–Kier alpha value is -2.91. The van der Waals surface area contributed by atoms with Crippen molar-refractivity contribution in [3.8, 4) is 0 Å². The third-order valence-electron chi connectivity index (χ3n) is 6.37. The number of aromatic nitrogens is 2. The first-order valence-electron chi connectivity index (χ1n) is 12.0. The number of aryl methyl sites for hydroxylation is 1. The average molecular weight is 502 g/mol. The van der Waals surface area contributed by atoms with Gasteiger partial charge in [0.15, 0.2) is 5.69 Å². The van der Waals surface area contributed by atoms with Gasteiger partial charge in [0.05, 0.1) is 19.0 Å². The monoisotopic (exact) mass is 501 g/mol. The zero-order valence-corrected chi connectivity index (χ0v) is 21.3. The van der Waals surface area contributed by atoms with E-state index in [-0.39, 0.29) is 41.9 Å². The Balaban J connectivity index is 1.53. The van der Waals surface area contributed by atoms with E-state index in [4.69, 9.17) is 16.3 Å². The van der Waals surface area contributed by atoms with Gasteiger partial charge in [-0.05, 0) is 64.7 Å². The lowest BCUT2D eigenvalue weighted by atomic mass is 9.94. The van der Waals surface area contributed by atoms with Crippen LogP contribution in [0.4, 0.5) is 5.69 Å². The Morgan fingerprint density at radius 1 is 1.31 bits per heavy atom. The maximum atomic E-state index is 13.7. The van der Waals surface area contributed by atoms with E-state index in [1.807, 2.05) is 20.8 Å². The van der Waals surface area contributed by atoms with E-state index in [0.717, 1.165) is 18.4 Å². The van der Waals surface area contributed by atoms with Crippen molar-refractivity contribution < 1.29 is 19.1 Å². The number of hydrogen-bond acceptors (Lipinski definition) is 5. The highest BCUT2D eigenvalue weighted by molar-refractivity contribution is 6.31. The second kappa shape index (κ2) is 9.99. The van der Waals surface area contributed by atoms with E-state index in [1.165, 1.54) is 6.33 Å². The molecule has 1 fully saturated rings. The van der Waals surface area contributed by atoms with Gasteiger partial charge >= 0.3 is 0 Å².